The van der Waals surface area contributed by atoms with Gasteiger partial charge in [-0.05, 0) is 66.8 Å². The molecule has 5 rings (SSSR count). The van der Waals surface area contributed by atoms with Gasteiger partial charge in [-0.2, -0.15) is 4.31 Å². The highest BCUT2D eigenvalue weighted by atomic mass is 35.5. The third kappa shape index (κ3) is 4.56. The molecule has 0 atom stereocenters. The van der Waals surface area contributed by atoms with E-state index in [0.29, 0.717) is 25.2 Å². The number of sulfonamides is 1. The molecule has 0 radical (unpaired) electrons. The first-order chi connectivity index (χ1) is 16.4. The zero-order valence-electron chi connectivity index (χ0n) is 18.7. The summed E-state index contributed by atoms with van der Waals surface area (Å²) in [7, 11) is -3.78. The van der Waals surface area contributed by atoms with Gasteiger partial charge in [0, 0.05) is 37.6 Å². The van der Waals surface area contributed by atoms with E-state index in [1.54, 1.807) is 0 Å². The number of rotatable bonds is 5. The number of hydrogen-bond acceptors (Lipinski definition) is 4. The fourth-order valence-electron chi connectivity index (χ4n) is 4.62. The van der Waals surface area contributed by atoms with Crippen molar-refractivity contribution in [3.05, 3.63) is 88.4 Å². The highest BCUT2D eigenvalue weighted by Gasteiger charge is 2.29. The molecule has 1 N–H and O–H groups in total. The third-order valence-corrected chi connectivity index (χ3v) is 8.66. The molecule has 8 heteroatoms. The number of nitrogens with one attached hydrogen (secondary N) is 1. The maximum Gasteiger partial charge on any atom is 0.257 e. The van der Waals surface area contributed by atoms with Gasteiger partial charge in [-0.1, -0.05) is 41.9 Å². The van der Waals surface area contributed by atoms with Gasteiger partial charge in [0.1, 0.15) is 0 Å². The number of carbonyl (C=O) groups is 1. The zero-order chi connectivity index (χ0) is 23.7. The van der Waals surface area contributed by atoms with Crippen LogP contribution in [-0.4, -0.2) is 38.3 Å². The van der Waals surface area contributed by atoms with Crippen molar-refractivity contribution in [1.29, 1.82) is 0 Å². The molecule has 3 aromatic rings. The van der Waals surface area contributed by atoms with Crippen LogP contribution >= 0.6 is 11.6 Å². The fourth-order valence-corrected chi connectivity index (χ4v) is 6.27. The van der Waals surface area contributed by atoms with Gasteiger partial charge in [0.05, 0.1) is 15.5 Å². The minimum Gasteiger partial charge on any atom is -0.371 e. The highest BCUT2D eigenvalue weighted by molar-refractivity contribution is 7.89. The Hall–Kier alpha value is -2.87. The lowest BCUT2D eigenvalue weighted by molar-refractivity contribution is 0.102. The van der Waals surface area contributed by atoms with Crippen LogP contribution in [-0.2, 0) is 23.0 Å². The Labute approximate surface area is 205 Å². The van der Waals surface area contributed by atoms with Gasteiger partial charge in [-0.25, -0.2) is 8.42 Å². The van der Waals surface area contributed by atoms with Gasteiger partial charge in [0.2, 0.25) is 10.0 Å². The number of fused-ring (bicyclic) bond motifs is 1. The van der Waals surface area contributed by atoms with Crippen LogP contribution in [0.2, 0.25) is 5.02 Å². The van der Waals surface area contributed by atoms with E-state index in [2.05, 4.69) is 10.2 Å². The van der Waals surface area contributed by atoms with Crippen LogP contribution in [0.15, 0.2) is 71.6 Å². The number of halogens is 1. The summed E-state index contributed by atoms with van der Waals surface area (Å²) in [4.78, 5) is 15.4. The first-order valence-corrected chi connectivity index (χ1v) is 13.3. The smallest absolute Gasteiger partial charge is 0.257 e. The van der Waals surface area contributed by atoms with E-state index in [-0.39, 0.29) is 15.5 Å². The SMILES string of the molecule is O=C(Nc1cccc(N2CCCC2)c1)c1cc(S(=O)(=O)N2CCc3ccccc3C2)ccc1Cl. The van der Waals surface area contributed by atoms with Crippen molar-refractivity contribution in [2.45, 2.75) is 30.7 Å². The molecule has 2 aliphatic heterocycles. The average molecular weight is 496 g/mol. The van der Waals surface area contributed by atoms with Gasteiger partial charge in [0.15, 0.2) is 0 Å². The lowest BCUT2D eigenvalue weighted by Crippen LogP contribution is -2.36. The Morgan fingerprint density at radius 2 is 1.65 bits per heavy atom. The van der Waals surface area contributed by atoms with Crippen molar-refractivity contribution in [3.8, 4) is 0 Å². The molecular weight excluding hydrogens is 470 g/mol. The Bertz CT molecular complexity index is 1340. The minimum atomic E-state index is -3.78. The normalized spacial score (nSPS) is 16.3. The molecule has 34 heavy (non-hydrogen) atoms. The number of amides is 1. The van der Waals surface area contributed by atoms with E-state index in [4.69, 9.17) is 11.6 Å². The highest BCUT2D eigenvalue weighted by Crippen LogP contribution is 2.29. The zero-order valence-corrected chi connectivity index (χ0v) is 20.3. The van der Waals surface area contributed by atoms with E-state index < -0.39 is 15.9 Å². The predicted molar refractivity (Wildman–Crippen MR) is 135 cm³/mol. The third-order valence-electron chi connectivity index (χ3n) is 6.49. The Morgan fingerprint density at radius 1 is 0.882 bits per heavy atom. The van der Waals surface area contributed by atoms with Crippen LogP contribution in [0.25, 0.3) is 0 Å². The second-order valence-corrected chi connectivity index (χ2v) is 11.0. The number of carbonyl (C=O) groups excluding carboxylic acids is 1. The van der Waals surface area contributed by atoms with Crippen molar-refractivity contribution in [2.24, 2.45) is 0 Å². The Morgan fingerprint density at radius 3 is 2.44 bits per heavy atom. The maximum atomic E-state index is 13.4. The maximum absolute atomic E-state index is 13.4. The first-order valence-electron chi connectivity index (χ1n) is 11.4. The van der Waals surface area contributed by atoms with Crippen LogP contribution in [0, 0.1) is 0 Å². The molecule has 2 aliphatic rings. The summed E-state index contributed by atoms with van der Waals surface area (Å²) in [6.45, 7) is 2.72. The van der Waals surface area contributed by atoms with Crippen molar-refractivity contribution in [1.82, 2.24) is 4.31 Å². The van der Waals surface area contributed by atoms with Gasteiger partial charge in [-0.15, -0.1) is 0 Å². The number of nitrogens with zero attached hydrogens (tertiary/aromatic N) is 2. The Balaban J connectivity index is 1.37. The number of hydrogen-bond donors (Lipinski definition) is 1. The largest absolute Gasteiger partial charge is 0.371 e. The second kappa shape index (κ2) is 9.41. The number of benzene rings is 3. The molecule has 0 aromatic heterocycles. The van der Waals surface area contributed by atoms with Crippen molar-refractivity contribution < 1.29 is 13.2 Å². The molecule has 0 unspecified atom stereocenters. The van der Waals surface area contributed by atoms with Crippen LogP contribution < -0.4 is 10.2 Å². The summed E-state index contributed by atoms with van der Waals surface area (Å²) in [5, 5.41) is 3.08. The van der Waals surface area contributed by atoms with E-state index in [9.17, 15) is 13.2 Å². The summed E-state index contributed by atoms with van der Waals surface area (Å²) in [5.41, 5.74) is 4.00. The lowest BCUT2D eigenvalue weighted by Gasteiger charge is -2.28. The van der Waals surface area contributed by atoms with E-state index in [1.807, 2.05) is 48.5 Å². The molecule has 3 aromatic carbocycles. The molecule has 0 aliphatic carbocycles. The molecule has 2 heterocycles. The molecule has 1 amide bonds. The van der Waals surface area contributed by atoms with Crippen molar-refractivity contribution in [2.75, 3.05) is 29.9 Å². The molecule has 1 saturated heterocycles. The van der Waals surface area contributed by atoms with Crippen LogP contribution in [0.4, 0.5) is 11.4 Å². The van der Waals surface area contributed by atoms with Gasteiger partial charge in [0.25, 0.3) is 5.91 Å². The van der Waals surface area contributed by atoms with E-state index in [0.717, 1.165) is 37.2 Å². The van der Waals surface area contributed by atoms with Gasteiger partial charge in [-0.3, -0.25) is 4.79 Å². The quantitative estimate of drug-likeness (QED) is 0.544. The fraction of sp³-hybridized carbons (Fsp3) is 0.269. The van der Waals surface area contributed by atoms with Crippen molar-refractivity contribution in [3.63, 3.8) is 0 Å². The van der Waals surface area contributed by atoms with Crippen LogP contribution in [0.1, 0.15) is 34.3 Å². The van der Waals surface area contributed by atoms with E-state index >= 15 is 0 Å². The second-order valence-electron chi connectivity index (χ2n) is 8.70. The predicted octanol–water partition coefficient (Wildman–Crippen LogP) is 4.94. The summed E-state index contributed by atoms with van der Waals surface area (Å²) >= 11 is 6.32. The van der Waals surface area contributed by atoms with Crippen molar-refractivity contribution >= 4 is 38.9 Å². The standard InChI is InChI=1S/C26H26ClN3O3S/c27-25-11-10-23(34(32,33)30-15-12-19-6-1-2-7-20(19)18-30)17-24(25)26(31)28-21-8-5-9-22(16-21)29-13-3-4-14-29/h1-2,5-11,16-17H,3-4,12-15,18H2,(H,28,31). The summed E-state index contributed by atoms with van der Waals surface area (Å²) in [6, 6.07) is 19.9. The first kappa shape index (κ1) is 22.9. The topological polar surface area (TPSA) is 69.7 Å². The molecule has 0 saturated carbocycles. The van der Waals surface area contributed by atoms with Gasteiger partial charge < -0.3 is 10.2 Å². The molecule has 176 valence electrons. The lowest BCUT2D eigenvalue weighted by atomic mass is 10.0. The summed E-state index contributed by atoms with van der Waals surface area (Å²) < 4.78 is 28.2. The van der Waals surface area contributed by atoms with Crippen LogP contribution in [0.5, 0.6) is 0 Å². The summed E-state index contributed by atoms with van der Waals surface area (Å²) in [5.74, 6) is -0.440. The molecule has 6 nitrogen and oxygen atoms in total. The Kier molecular flexibility index (Phi) is 6.34. The summed E-state index contributed by atoms with van der Waals surface area (Å²) in [6.07, 6.45) is 2.98. The number of anilines is 2. The van der Waals surface area contributed by atoms with Crippen LogP contribution in [0.3, 0.4) is 0 Å². The van der Waals surface area contributed by atoms with Gasteiger partial charge >= 0.3 is 0 Å². The van der Waals surface area contributed by atoms with E-state index in [1.165, 1.54) is 28.1 Å². The molecule has 0 spiro atoms. The monoisotopic (exact) mass is 495 g/mol. The molecule has 0 bridgehead atoms. The average Bonchev–Trinajstić information content (AvgIpc) is 3.39. The molecular formula is C26H26ClN3O3S. The minimum absolute atomic E-state index is 0.0623. The molecule has 1 fully saturated rings.